The molecule has 3 amide bonds. The summed E-state index contributed by atoms with van der Waals surface area (Å²) in [5.74, 6) is -3.22. The van der Waals surface area contributed by atoms with Gasteiger partial charge in [-0.15, -0.1) is 0 Å². The number of alkyl halides is 3. The third-order valence-corrected chi connectivity index (χ3v) is 10.0. The zero-order chi connectivity index (χ0) is 31.3. The van der Waals surface area contributed by atoms with Crippen molar-refractivity contribution in [2.45, 2.75) is 28.9 Å². The number of benzene rings is 3. The number of anilines is 2. The van der Waals surface area contributed by atoms with Crippen molar-refractivity contribution in [1.82, 2.24) is 4.57 Å². The number of phenols is 1. The fourth-order valence-electron chi connectivity index (χ4n) is 5.39. The van der Waals surface area contributed by atoms with Gasteiger partial charge >= 0.3 is 11.0 Å². The smallest absolute Gasteiger partial charge is 0.416 e. The van der Waals surface area contributed by atoms with Crippen LogP contribution in [0.5, 0.6) is 11.5 Å². The van der Waals surface area contributed by atoms with E-state index in [4.69, 9.17) is 4.74 Å². The quantitative estimate of drug-likeness (QED) is 0.223. The summed E-state index contributed by atoms with van der Waals surface area (Å²) in [7, 11) is 1.49. The van der Waals surface area contributed by atoms with Crippen molar-refractivity contribution < 1.29 is 37.4 Å². The van der Waals surface area contributed by atoms with Gasteiger partial charge in [0.2, 0.25) is 17.7 Å². The maximum atomic E-state index is 13.9. The van der Waals surface area contributed by atoms with Gasteiger partial charge in [-0.05, 0) is 60.2 Å². The van der Waals surface area contributed by atoms with Crippen LogP contribution >= 0.6 is 23.1 Å². The van der Waals surface area contributed by atoms with Gasteiger partial charge in [0, 0.05) is 16.5 Å². The van der Waals surface area contributed by atoms with Gasteiger partial charge in [-0.25, -0.2) is 4.90 Å². The highest BCUT2D eigenvalue weighted by atomic mass is 32.2. The Morgan fingerprint density at radius 1 is 1.00 bits per heavy atom. The molecule has 3 heterocycles. The first-order chi connectivity index (χ1) is 21.0. The van der Waals surface area contributed by atoms with Crippen molar-refractivity contribution >= 4 is 52.2 Å². The van der Waals surface area contributed by atoms with E-state index in [9.17, 15) is 37.5 Å². The van der Waals surface area contributed by atoms with Crippen LogP contribution in [0.2, 0.25) is 0 Å². The highest BCUT2D eigenvalue weighted by Gasteiger charge is 2.57. The first-order valence-corrected chi connectivity index (χ1v) is 14.8. The summed E-state index contributed by atoms with van der Waals surface area (Å²) < 4.78 is 47.0. The minimum Gasteiger partial charge on any atom is -0.508 e. The number of hydrogen-bond donors (Lipinski definition) is 2. The van der Waals surface area contributed by atoms with Gasteiger partial charge in [0.05, 0.1) is 29.3 Å². The van der Waals surface area contributed by atoms with Crippen LogP contribution in [-0.2, 0) is 27.1 Å². The molecule has 0 saturated carbocycles. The number of aromatic nitrogens is 1. The van der Waals surface area contributed by atoms with Gasteiger partial charge in [-0.2, -0.15) is 13.2 Å². The molecular weight excluding hydrogens is 619 g/mol. The van der Waals surface area contributed by atoms with Crippen LogP contribution < -0.4 is 19.8 Å². The number of imide groups is 1. The number of fused-ring (bicyclic) bond motifs is 2. The summed E-state index contributed by atoms with van der Waals surface area (Å²) in [6.45, 7) is -0.398. The largest absolute Gasteiger partial charge is 0.508 e. The van der Waals surface area contributed by atoms with E-state index in [0.717, 1.165) is 46.2 Å². The van der Waals surface area contributed by atoms with E-state index in [1.807, 2.05) is 0 Å². The molecule has 2 N–H and O–H groups in total. The Kier molecular flexibility index (Phi) is 7.49. The summed E-state index contributed by atoms with van der Waals surface area (Å²) in [6.07, 6.45) is -4.68. The molecule has 0 unspecified atom stereocenters. The molecule has 0 radical (unpaired) electrons. The molecule has 4 aromatic rings. The number of thiazole rings is 1. The molecule has 1 fully saturated rings. The van der Waals surface area contributed by atoms with E-state index in [1.54, 1.807) is 24.3 Å². The first kappa shape index (κ1) is 29.5. The molecule has 1 saturated heterocycles. The molecular formula is C30H22F3N3O6S2. The predicted molar refractivity (Wildman–Crippen MR) is 157 cm³/mol. The second-order valence-electron chi connectivity index (χ2n) is 10.1. The molecule has 0 bridgehead atoms. The van der Waals surface area contributed by atoms with Crippen LogP contribution in [0.25, 0.3) is 0 Å². The summed E-state index contributed by atoms with van der Waals surface area (Å²) in [6, 6.07) is 16.5. The lowest BCUT2D eigenvalue weighted by molar-refractivity contribution is -0.137. The second kappa shape index (κ2) is 11.2. The van der Waals surface area contributed by atoms with Crippen molar-refractivity contribution in [3.63, 3.8) is 0 Å². The van der Waals surface area contributed by atoms with Crippen LogP contribution in [0.4, 0.5) is 24.5 Å². The number of carbonyl (C=O) groups is 3. The predicted octanol–water partition coefficient (Wildman–Crippen LogP) is 5.08. The number of nitrogens with one attached hydrogen (secondary N) is 1. The van der Waals surface area contributed by atoms with Gasteiger partial charge in [-0.1, -0.05) is 41.3 Å². The number of methoxy groups -OCH3 is 1. The van der Waals surface area contributed by atoms with E-state index < -0.39 is 58.0 Å². The average Bonchev–Trinajstić information content (AvgIpc) is 3.44. The van der Waals surface area contributed by atoms with E-state index in [0.29, 0.717) is 26.9 Å². The molecule has 2 aliphatic rings. The lowest BCUT2D eigenvalue weighted by Crippen LogP contribution is -2.33. The van der Waals surface area contributed by atoms with Crippen molar-refractivity contribution in [3.8, 4) is 11.5 Å². The third kappa shape index (κ3) is 5.24. The molecule has 1 aromatic heterocycles. The van der Waals surface area contributed by atoms with Gasteiger partial charge in [-0.3, -0.25) is 23.7 Å². The minimum atomic E-state index is -4.68. The van der Waals surface area contributed by atoms with Crippen molar-refractivity contribution in [1.29, 1.82) is 0 Å². The number of aromatic hydroxyl groups is 1. The van der Waals surface area contributed by atoms with E-state index in [2.05, 4.69) is 5.32 Å². The molecule has 3 aromatic carbocycles. The topological polar surface area (TPSA) is 118 Å². The average molecular weight is 642 g/mol. The van der Waals surface area contributed by atoms with E-state index in [1.165, 1.54) is 42.0 Å². The second-order valence-corrected chi connectivity index (χ2v) is 12.2. The lowest BCUT2D eigenvalue weighted by atomic mass is 9.83. The SMILES string of the molecule is COc1ccc([C@@H]2c3sc(=O)n(CC(=O)Nc4ccc(O)cc4)c3S[C@H]3C(=O)N(c4cccc(C(F)(F)F)c4)C(=O)[C@@H]23)cc1. The molecule has 9 nitrogen and oxygen atoms in total. The molecule has 0 spiro atoms. The standard InChI is InChI=1S/C30H22F3N3O6S2/c1-42-20-11-5-15(6-12-20)22-23-24(27(40)36(26(23)39)18-4-2-3-16(13-18)30(31,32)33)43-28-25(22)44-29(41)35(28)14-21(38)34-17-7-9-19(37)10-8-17/h2-13,22-24,37H,14H2,1H3,(H,34,38)/t22-,23-,24+/m0/s1. The third-order valence-electron chi connectivity index (χ3n) is 7.41. The van der Waals surface area contributed by atoms with E-state index >= 15 is 0 Å². The highest BCUT2D eigenvalue weighted by Crippen LogP contribution is 2.54. The summed E-state index contributed by atoms with van der Waals surface area (Å²) in [5.41, 5.74) is -0.219. The maximum Gasteiger partial charge on any atom is 0.416 e. The first-order valence-electron chi connectivity index (χ1n) is 13.1. The van der Waals surface area contributed by atoms with Gasteiger partial charge in [0.1, 0.15) is 23.3 Å². The fourth-order valence-corrected chi connectivity index (χ4v) is 8.16. The number of ether oxygens (including phenoxy) is 1. The van der Waals surface area contributed by atoms with Crippen LogP contribution in [-0.4, -0.2) is 39.8 Å². The van der Waals surface area contributed by atoms with Crippen LogP contribution in [0.15, 0.2) is 82.6 Å². The van der Waals surface area contributed by atoms with Crippen molar-refractivity contribution in [2.24, 2.45) is 5.92 Å². The zero-order valence-corrected chi connectivity index (χ0v) is 24.3. The molecule has 2 aliphatic heterocycles. The van der Waals surface area contributed by atoms with Gasteiger partial charge < -0.3 is 15.2 Å². The number of rotatable bonds is 6. The molecule has 3 atom stereocenters. The number of halogens is 3. The van der Waals surface area contributed by atoms with Crippen molar-refractivity contribution in [2.75, 3.05) is 17.3 Å². The lowest BCUT2D eigenvalue weighted by Gasteiger charge is -2.30. The Morgan fingerprint density at radius 3 is 2.36 bits per heavy atom. The molecule has 14 heteroatoms. The Morgan fingerprint density at radius 2 is 1.70 bits per heavy atom. The van der Waals surface area contributed by atoms with Gasteiger partial charge in [0.25, 0.3) is 0 Å². The molecule has 44 heavy (non-hydrogen) atoms. The van der Waals surface area contributed by atoms with Crippen LogP contribution in [0.3, 0.4) is 0 Å². The monoisotopic (exact) mass is 641 g/mol. The number of phenolic OH excluding ortho intramolecular Hbond substituents is 1. The van der Waals surface area contributed by atoms with Crippen LogP contribution in [0, 0.1) is 5.92 Å². The maximum absolute atomic E-state index is 13.9. The summed E-state index contributed by atoms with van der Waals surface area (Å²) >= 11 is 1.80. The van der Waals surface area contributed by atoms with E-state index in [-0.39, 0.29) is 11.4 Å². The molecule has 0 aliphatic carbocycles. The molecule has 226 valence electrons. The number of nitrogens with zero attached hydrogens (tertiary/aromatic N) is 2. The normalized spacial score (nSPS) is 19.5. The highest BCUT2D eigenvalue weighted by molar-refractivity contribution is 8.00. The Hall–Kier alpha value is -4.56. The summed E-state index contributed by atoms with van der Waals surface area (Å²) in [5, 5.41) is 11.4. The number of amides is 3. The number of carbonyl (C=O) groups excluding carboxylic acids is 3. The number of hydrogen-bond acceptors (Lipinski definition) is 8. The number of thioether (sulfide) groups is 1. The van der Waals surface area contributed by atoms with Gasteiger partial charge in [0.15, 0.2) is 0 Å². The Bertz CT molecular complexity index is 1840. The van der Waals surface area contributed by atoms with Crippen molar-refractivity contribution in [3.05, 3.63) is 98.5 Å². The van der Waals surface area contributed by atoms with Crippen LogP contribution in [0.1, 0.15) is 21.9 Å². The minimum absolute atomic E-state index is 0.0107. The summed E-state index contributed by atoms with van der Waals surface area (Å²) in [4.78, 5) is 54.7. The fraction of sp³-hybridized carbons (Fsp3) is 0.200. The Labute approximate surface area is 255 Å². The zero-order valence-electron chi connectivity index (χ0n) is 22.7. The molecule has 6 rings (SSSR count). The Balaban J connectivity index is 1.41.